The van der Waals surface area contributed by atoms with Gasteiger partial charge in [0.15, 0.2) is 17.7 Å². The fourth-order valence-corrected chi connectivity index (χ4v) is 1.59. The number of nitrogens with two attached hydrogens (primary N) is 1. The number of rotatable bonds is 2. The summed E-state index contributed by atoms with van der Waals surface area (Å²) in [5, 5.41) is 9.91. The molecular weight excluding hydrogens is 192 g/mol. The number of benzene rings is 1. The lowest BCUT2D eigenvalue weighted by molar-refractivity contribution is 0.443. The summed E-state index contributed by atoms with van der Waals surface area (Å²) in [7, 11) is 0. The maximum Gasteiger partial charge on any atom is 0.196 e. The summed E-state index contributed by atoms with van der Waals surface area (Å²) in [5.41, 5.74) is 7.41. The molecule has 0 aliphatic heterocycles. The van der Waals surface area contributed by atoms with Gasteiger partial charge in [-0.2, -0.15) is 0 Å². The van der Waals surface area contributed by atoms with Crippen LogP contribution < -0.4 is 5.73 Å². The molecule has 0 aliphatic rings. The molecule has 0 aliphatic carbocycles. The van der Waals surface area contributed by atoms with Crippen LogP contribution in [-0.4, -0.2) is 15.6 Å². The predicted molar refractivity (Wildman–Crippen MR) is 57.6 cm³/mol. The zero-order chi connectivity index (χ0) is 11.1. The Morgan fingerprint density at radius 3 is 2.87 bits per heavy atom. The molecule has 0 saturated carbocycles. The predicted octanol–water partition coefficient (Wildman–Crippen LogP) is 1.81. The number of nitrogens with zero attached hydrogens (tertiary/aromatic N) is 1. The Hall–Kier alpha value is -1.55. The molecule has 0 unspecified atom stereocenters. The third kappa shape index (κ3) is 1.94. The summed E-state index contributed by atoms with van der Waals surface area (Å²) in [4.78, 5) is 3.96. The minimum absolute atomic E-state index is 0.142. The maximum atomic E-state index is 9.91. The van der Waals surface area contributed by atoms with Gasteiger partial charge in [0.25, 0.3) is 0 Å². The zero-order valence-electron chi connectivity index (χ0n) is 8.82. The van der Waals surface area contributed by atoms with Gasteiger partial charge in [0.1, 0.15) is 5.52 Å². The lowest BCUT2D eigenvalue weighted by Crippen LogP contribution is -2.34. The van der Waals surface area contributed by atoms with Crippen LogP contribution in [0.15, 0.2) is 22.9 Å². The van der Waals surface area contributed by atoms with Crippen LogP contribution in [0.5, 0.6) is 5.75 Å². The first kappa shape index (κ1) is 9.98. The smallest absolute Gasteiger partial charge is 0.196 e. The molecule has 1 aromatic carbocycles. The van der Waals surface area contributed by atoms with Gasteiger partial charge in [-0.3, -0.25) is 0 Å². The lowest BCUT2D eigenvalue weighted by Gasteiger charge is -2.18. The molecular formula is C11H14N2O2. The summed E-state index contributed by atoms with van der Waals surface area (Å²) in [6.07, 6.45) is 1.91. The van der Waals surface area contributed by atoms with E-state index in [0.717, 1.165) is 5.56 Å². The first-order valence-electron chi connectivity index (χ1n) is 4.80. The summed E-state index contributed by atoms with van der Waals surface area (Å²) in [6.45, 7) is 3.83. The van der Waals surface area contributed by atoms with Crippen molar-refractivity contribution in [2.75, 3.05) is 0 Å². The summed E-state index contributed by atoms with van der Waals surface area (Å²) in [5.74, 6) is 0.142. The highest BCUT2D eigenvalue weighted by molar-refractivity contribution is 5.80. The molecule has 1 heterocycles. The van der Waals surface area contributed by atoms with Crippen LogP contribution in [0.3, 0.4) is 0 Å². The number of hydrogen-bond acceptors (Lipinski definition) is 4. The Morgan fingerprint density at radius 1 is 1.47 bits per heavy atom. The molecule has 0 fully saturated rings. The standard InChI is InChI=1S/C11H14N2O2/c1-11(2,12)5-7-3-4-8-10(9(7)14)15-6-13-8/h3-4,6,14H,5,12H2,1-2H3. The number of phenols is 1. The second-order valence-electron chi connectivity index (χ2n) is 4.44. The molecule has 4 nitrogen and oxygen atoms in total. The minimum atomic E-state index is -0.356. The van der Waals surface area contributed by atoms with E-state index in [1.807, 2.05) is 26.0 Å². The molecule has 0 bridgehead atoms. The SMILES string of the molecule is CC(C)(N)Cc1ccc2ncoc2c1O. The molecule has 3 N–H and O–H groups in total. The summed E-state index contributed by atoms with van der Waals surface area (Å²) >= 11 is 0. The van der Waals surface area contributed by atoms with Gasteiger partial charge in [-0.1, -0.05) is 6.07 Å². The third-order valence-electron chi connectivity index (χ3n) is 2.20. The molecule has 0 amide bonds. The van der Waals surface area contributed by atoms with Crippen LogP contribution in [0.4, 0.5) is 0 Å². The van der Waals surface area contributed by atoms with Gasteiger partial charge in [-0.05, 0) is 31.9 Å². The topological polar surface area (TPSA) is 72.3 Å². The van der Waals surface area contributed by atoms with Crippen LogP contribution in [0, 0.1) is 0 Å². The molecule has 4 heteroatoms. The Morgan fingerprint density at radius 2 is 2.20 bits per heavy atom. The van der Waals surface area contributed by atoms with Gasteiger partial charge >= 0.3 is 0 Å². The molecule has 0 atom stereocenters. The van der Waals surface area contributed by atoms with Crippen LogP contribution >= 0.6 is 0 Å². The molecule has 0 radical (unpaired) electrons. The van der Waals surface area contributed by atoms with Crippen molar-refractivity contribution in [1.82, 2.24) is 4.98 Å². The largest absolute Gasteiger partial charge is 0.504 e. The van der Waals surface area contributed by atoms with Crippen molar-refractivity contribution < 1.29 is 9.52 Å². The van der Waals surface area contributed by atoms with Gasteiger partial charge in [0.2, 0.25) is 0 Å². The number of oxazole rings is 1. The van der Waals surface area contributed by atoms with Gasteiger partial charge in [-0.25, -0.2) is 4.98 Å². The maximum absolute atomic E-state index is 9.91. The van der Waals surface area contributed by atoms with Gasteiger partial charge in [-0.15, -0.1) is 0 Å². The first-order chi connectivity index (χ1) is 6.97. The minimum Gasteiger partial charge on any atom is -0.504 e. The molecule has 0 spiro atoms. The number of aromatic nitrogens is 1. The second kappa shape index (κ2) is 3.24. The fourth-order valence-electron chi connectivity index (χ4n) is 1.59. The normalized spacial score (nSPS) is 12.2. The molecule has 2 rings (SSSR count). The molecule has 15 heavy (non-hydrogen) atoms. The van der Waals surface area contributed by atoms with Crippen molar-refractivity contribution in [2.24, 2.45) is 5.73 Å². The van der Waals surface area contributed by atoms with Crippen LogP contribution in [0.1, 0.15) is 19.4 Å². The highest BCUT2D eigenvalue weighted by atomic mass is 16.4. The number of phenolic OH excluding ortho intramolecular Hbond substituents is 1. The first-order valence-corrected chi connectivity index (χ1v) is 4.80. The number of aromatic hydroxyl groups is 1. The van der Waals surface area contributed by atoms with Crippen molar-refractivity contribution in [3.63, 3.8) is 0 Å². The van der Waals surface area contributed by atoms with Crippen molar-refractivity contribution in [2.45, 2.75) is 25.8 Å². The van der Waals surface area contributed by atoms with E-state index in [4.69, 9.17) is 10.2 Å². The molecule has 2 aromatic rings. The summed E-state index contributed by atoms with van der Waals surface area (Å²) < 4.78 is 5.10. The van der Waals surface area contributed by atoms with E-state index in [1.54, 1.807) is 0 Å². The van der Waals surface area contributed by atoms with E-state index in [-0.39, 0.29) is 11.3 Å². The highest BCUT2D eigenvalue weighted by Crippen LogP contribution is 2.29. The average Bonchev–Trinajstić information content (AvgIpc) is 2.56. The highest BCUT2D eigenvalue weighted by Gasteiger charge is 2.17. The Kier molecular flexibility index (Phi) is 2.16. The summed E-state index contributed by atoms with van der Waals surface area (Å²) in [6, 6.07) is 3.65. The Bertz CT molecular complexity index is 483. The van der Waals surface area contributed by atoms with E-state index in [2.05, 4.69) is 4.98 Å². The third-order valence-corrected chi connectivity index (χ3v) is 2.20. The van der Waals surface area contributed by atoms with E-state index < -0.39 is 0 Å². The van der Waals surface area contributed by atoms with E-state index in [1.165, 1.54) is 6.39 Å². The van der Waals surface area contributed by atoms with Gasteiger partial charge in [0, 0.05) is 5.54 Å². The van der Waals surface area contributed by atoms with Crippen molar-refractivity contribution in [3.05, 3.63) is 24.1 Å². The molecule has 1 aromatic heterocycles. The van der Waals surface area contributed by atoms with Gasteiger partial charge in [0.05, 0.1) is 0 Å². The molecule has 80 valence electrons. The van der Waals surface area contributed by atoms with Crippen LogP contribution in [0.2, 0.25) is 0 Å². The zero-order valence-corrected chi connectivity index (χ0v) is 8.82. The van der Waals surface area contributed by atoms with Gasteiger partial charge < -0.3 is 15.3 Å². The van der Waals surface area contributed by atoms with E-state index in [0.29, 0.717) is 17.5 Å². The monoisotopic (exact) mass is 206 g/mol. The van der Waals surface area contributed by atoms with Crippen molar-refractivity contribution in [3.8, 4) is 5.75 Å². The van der Waals surface area contributed by atoms with Crippen LogP contribution in [0.25, 0.3) is 11.1 Å². The second-order valence-corrected chi connectivity index (χ2v) is 4.44. The molecule has 0 saturated heterocycles. The Labute approximate surface area is 87.7 Å². The quantitative estimate of drug-likeness (QED) is 0.786. The van der Waals surface area contributed by atoms with Crippen LogP contribution in [-0.2, 0) is 6.42 Å². The lowest BCUT2D eigenvalue weighted by atomic mass is 9.95. The fraction of sp³-hybridized carbons (Fsp3) is 0.364. The Balaban J connectivity index is 2.48. The van der Waals surface area contributed by atoms with E-state index in [9.17, 15) is 5.11 Å². The van der Waals surface area contributed by atoms with Crippen molar-refractivity contribution >= 4 is 11.1 Å². The van der Waals surface area contributed by atoms with E-state index >= 15 is 0 Å². The number of hydrogen-bond donors (Lipinski definition) is 2. The number of fused-ring (bicyclic) bond motifs is 1. The average molecular weight is 206 g/mol. The van der Waals surface area contributed by atoms with Crippen molar-refractivity contribution in [1.29, 1.82) is 0 Å².